The molecule has 0 spiro atoms. The molecule has 2 aromatic carbocycles. The predicted octanol–water partition coefficient (Wildman–Crippen LogP) is 4.15. The third-order valence-corrected chi connectivity index (χ3v) is 5.19. The Hall–Kier alpha value is -2.50. The fraction of sp³-hybridized carbons (Fsp3) is 0.238. The number of benzene rings is 2. The van der Waals surface area contributed by atoms with Gasteiger partial charge in [-0.05, 0) is 26.6 Å². The van der Waals surface area contributed by atoms with Crippen LogP contribution in [0.5, 0.6) is 0 Å². The van der Waals surface area contributed by atoms with Gasteiger partial charge in [-0.25, -0.2) is 4.98 Å². The Morgan fingerprint density at radius 3 is 2.46 bits per heavy atom. The molecule has 0 unspecified atom stereocenters. The lowest BCUT2D eigenvalue weighted by Gasteiger charge is -2.24. The van der Waals surface area contributed by atoms with E-state index in [0.717, 1.165) is 10.6 Å². The van der Waals surface area contributed by atoms with Gasteiger partial charge in [-0.1, -0.05) is 60.2 Å². The molecule has 1 heterocycles. The Morgan fingerprint density at radius 1 is 1.12 bits per heavy atom. The normalized spacial score (nSPS) is 12.2. The van der Waals surface area contributed by atoms with E-state index in [9.17, 15) is 4.79 Å². The summed E-state index contributed by atoms with van der Waals surface area (Å²) in [6.45, 7) is 2.59. The molecule has 134 valence electrons. The Balaban J connectivity index is 1.67. The first-order valence-electron chi connectivity index (χ1n) is 8.56. The number of nitrogens with zero attached hydrogens (tertiary/aromatic N) is 2. The molecule has 0 aliphatic rings. The number of nitrogens with one attached hydrogen (secondary N) is 1. The topological polar surface area (TPSA) is 45.2 Å². The second kappa shape index (κ2) is 8.25. The lowest BCUT2D eigenvalue weighted by Crippen LogP contribution is -2.34. The van der Waals surface area contributed by atoms with Gasteiger partial charge >= 0.3 is 0 Å². The van der Waals surface area contributed by atoms with Gasteiger partial charge < -0.3 is 10.2 Å². The largest absolute Gasteiger partial charge is 0.349 e. The summed E-state index contributed by atoms with van der Waals surface area (Å²) < 4.78 is 0. The number of aryl methyl sites for hydroxylation is 1. The molecule has 3 aromatic rings. The van der Waals surface area contributed by atoms with E-state index in [2.05, 4.69) is 46.4 Å². The molecule has 5 heteroatoms. The van der Waals surface area contributed by atoms with E-state index < -0.39 is 0 Å². The number of thiazole rings is 1. The number of likely N-dealkylation sites (N-methyl/N-ethyl adjacent to an activating group) is 1. The van der Waals surface area contributed by atoms with Crippen molar-refractivity contribution in [3.05, 3.63) is 76.8 Å². The van der Waals surface area contributed by atoms with Gasteiger partial charge in [-0.3, -0.25) is 4.79 Å². The third kappa shape index (κ3) is 4.36. The summed E-state index contributed by atoms with van der Waals surface area (Å²) in [7, 11) is 4.03. The molecule has 0 fully saturated rings. The first kappa shape index (κ1) is 18.3. The van der Waals surface area contributed by atoms with E-state index in [1.807, 2.05) is 49.8 Å². The van der Waals surface area contributed by atoms with E-state index >= 15 is 0 Å². The number of amides is 1. The maximum absolute atomic E-state index is 12.5. The minimum Gasteiger partial charge on any atom is -0.349 e. The second-order valence-electron chi connectivity index (χ2n) is 6.50. The average Bonchev–Trinajstić information content (AvgIpc) is 3.13. The van der Waals surface area contributed by atoms with Crippen LogP contribution in [0.3, 0.4) is 0 Å². The molecule has 1 aromatic heterocycles. The summed E-state index contributed by atoms with van der Waals surface area (Å²) in [5.41, 5.74) is 3.89. The molecule has 26 heavy (non-hydrogen) atoms. The summed E-state index contributed by atoms with van der Waals surface area (Å²) in [6.07, 6.45) is 0. The highest BCUT2D eigenvalue weighted by Crippen LogP contribution is 2.24. The monoisotopic (exact) mass is 365 g/mol. The van der Waals surface area contributed by atoms with Crippen molar-refractivity contribution < 1.29 is 4.79 Å². The molecule has 0 aliphatic heterocycles. The zero-order valence-electron chi connectivity index (χ0n) is 15.3. The highest BCUT2D eigenvalue weighted by molar-refractivity contribution is 7.13. The Morgan fingerprint density at radius 2 is 1.81 bits per heavy atom. The Kier molecular flexibility index (Phi) is 5.81. The quantitative estimate of drug-likeness (QED) is 0.714. The van der Waals surface area contributed by atoms with Crippen LogP contribution >= 0.6 is 11.3 Å². The van der Waals surface area contributed by atoms with Crippen LogP contribution in [0, 0.1) is 6.92 Å². The van der Waals surface area contributed by atoms with Crippen molar-refractivity contribution >= 4 is 17.2 Å². The van der Waals surface area contributed by atoms with Crippen molar-refractivity contribution in [2.24, 2.45) is 0 Å². The Labute approximate surface area is 158 Å². The molecule has 4 nitrogen and oxygen atoms in total. The standard InChI is InChI=1S/C21H23N3OS/c1-15-9-11-17(12-10-15)21-23-18(14-26-21)20(25)22-13-19(24(2)3)16-7-5-4-6-8-16/h4-12,14,19H,13H2,1-3H3,(H,22,25)/t19-/m0/s1. The van der Waals surface area contributed by atoms with E-state index in [4.69, 9.17) is 0 Å². The first-order chi connectivity index (χ1) is 12.5. The molecule has 1 atom stereocenters. The maximum Gasteiger partial charge on any atom is 0.270 e. The van der Waals surface area contributed by atoms with Crippen LogP contribution in [0.1, 0.15) is 27.7 Å². The molecule has 0 saturated heterocycles. The molecule has 0 aliphatic carbocycles. The van der Waals surface area contributed by atoms with Crippen LogP contribution in [0.4, 0.5) is 0 Å². The van der Waals surface area contributed by atoms with E-state index in [1.165, 1.54) is 22.5 Å². The summed E-state index contributed by atoms with van der Waals surface area (Å²) in [5, 5.41) is 5.70. The van der Waals surface area contributed by atoms with Gasteiger partial charge in [-0.15, -0.1) is 11.3 Å². The van der Waals surface area contributed by atoms with E-state index in [1.54, 1.807) is 0 Å². The number of hydrogen-bond acceptors (Lipinski definition) is 4. The second-order valence-corrected chi connectivity index (χ2v) is 7.36. The van der Waals surface area contributed by atoms with Crippen molar-refractivity contribution in [2.45, 2.75) is 13.0 Å². The van der Waals surface area contributed by atoms with Crippen LogP contribution in [-0.2, 0) is 0 Å². The third-order valence-electron chi connectivity index (χ3n) is 4.30. The lowest BCUT2D eigenvalue weighted by atomic mass is 10.1. The smallest absolute Gasteiger partial charge is 0.270 e. The first-order valence-corrected chi connectivity index (χ1v) is 9.44. The summed E-state index contributed by atoms with van der Waals surface area (Å²) >= 11 is 1.49. The molecule has 1 amide bonds. The highest BCUT2D eigenvalue weighted by Gasteiger charge is 2.17. The number of rotatable bonds is 6. The van der Waals surface area contributed by atoms with Gasteiger partial charge in [0.25, 0.3) is 5.91 Å². The fourth-order valence-corrected chi connectivity index (χ4v) is 3.57. The SMILES string of the molecule is Cc1ccc(-c2nc(C(=O)NC[C@@H](c3ccccc3)N(C)C)cs2)cc1. The van der Waals surface area contributed by atoms with Gasteiger partial charge in [0.15, 0.2) is 0 Å². The molecule has 1 N–H and O–H groups in total. The molecular weight excluding hydrogens is 342 g/mol. The van der Waals surface area contributed by atoms with Crippen molar-refractivity contribution in [1.29, 1.82) is 0 Å². The van der Waals surface area contributed by atoms with Crippen LogP contribution in [0.15, 0.2) is 60.0 Å². The zero-order chi connectivity index (χ0) is 18.5. The van der Waals surface area contributed by atoms with Crippen LogP contribution in [0.25, 0.3) is 10.6 Å². The lowest BCUT2D eigenvalue weighted by molar-refractivity contribution is 0.0937. The van der Waals surface area contributed by atoms with Crippen LogP contribution < -0.4 is 5.32 Å². The van der Waals surface area contributed by atoms with E-state index in [0.29, 0.717) is 12.2 Å². The van der Waals surface area contributed by atoms with Crippen LogP contribution in [-0.4, -0.2) is 36.4 Å². The Bertz CT molecular complexity index is 856. The summed E-state index contributed by atoms with van der Waals surface area (Å²) in [5.74, 6) is -0.137. The predicted molar refractivity (Wildman–Crippen MR) is 107 cm³/mol. The number of hydrogen-bond donors (Lipinski definition) is 1. The van der Waals surface area contributed by atoms with Crippen LogP contribution in [0.2, 0.25) is 0 Å². The van der Waals surface area contributed by atoms with Crippen molar-refractivity contribution in [2.75, 3.05) is 20.6 Å². The molecule has 0 radical (unpaired) electrons. The number of carbonyl (C=O) groups is 1. The minimum atomic E-state index is -0.137. The highest BCUT2D eigenvalue weighted by atomic mass is 32.1. The summed E-state index contributed by atoms with van der Waals surface area (Å²) in [6, 6.07) is 18.5. The fourth-order valence-electron chi connectivity index (χ4n) is 2.76. The average molecular weight is 366 g/mol. The van der Waals surface area contributed by atoms with Gasteiger partial charge in [0, 0.05) is 17.5 Å². The van der Waals surface area contributed by atoms with Crippen molar-refractivity contribution in [3.8, 4) is 10.6 Å². The zero-order valence-corrected chi connectivity index (χ0v) is 16.1. The van der Waals surface area contributed by atoms with Gasteiger partial charge in [0.05, 0.1) is 6.04 Å². The number of carbonyl (C=O) groups excluding carboxylic acids is 1. The van der Waals surface area contributed by atoms with Crippen molar-refractivity contribution in [3.63, 3.8) is 0 Å². The molecular formula is C21H23N3OS. The minimum absolute atomic E-state index is 0.121. The van der Waals surface area contributed by atoms with Gasteiger partial charge in [-0.2, -0.15) is 0 Å². The van der Waals surface area contributed by atoms with E-state index in [-0.39, 0.29) is 11.9 Å². The van der Waals surface area contributed by atoms with Gasteiger partial charge in [0.1, 0.15) is 10.7 Å². The number of aromatic nitrogens is 1. The molecule has 3 rings (SSSR count). The summed E-state index contributed by atoms with van der Waals surface area (Å²) in [4.78, 5) is 19.1. The van der Waals surface area contributed by atoms with Crippen molar-refractivity contribution in [1.82, 2.24) is 15.2 Å². The molecule has 0 saturated carbocycles. The van der Waals surface area contributed by atoms with Gasteiger partial charge in [0.2, 0.25) is 0 Å². The molecule has 0 bridgehead atoms. The maximum atomic E-state index is 12.5.